The molecular formula is C9H17NO2S2. The van der Waals surface area contributed by atoms with Gasteiger partial charge in [0.25, 0.3) is 0 Å². The topological polar surface area (TPSA) is 40.5 Å². The summed E-state index contributed by atoms with van der Waals surface area (Å²) in [5, 5.41) is 8.40. The second-order valence-electron chi connectivity index (χ2n) is 3.26. The molecule has 0 aromatic rings. The van der Waals surface area contributed by atoms with E-state index in [2.05, 4.69) is 12.6 Å². The molecule has 0 fully saturated rings. The van der Waals surface area contributed by atoms with Gasteiger partial charge in [0.05, 0.1) is 0 Å². The number of carboxylic acids is 1. The highest BCUT2D eigenvalue weighted by Gasteiger charge is 1.99. The van der Waals surface area contributed by atoms with Crippen LogP contribution in [0.2, 0.25) is 0 Å². The third-order valence-electron chi connectivity index (χ3n) is 1.96. The molecule has 0 saturated carbocycles. The fourth-order valence-corrected chi connectivity index (χ4v) is 1.27. The summed E-state index contributed by atoms with van der Waals surface area (Å²) in [5.74, 6) is -0.710. The molecular weight excluding hydrogens is 218 g/mol. The van der Waals surface area contributed by atoms with E-state index in [4.69, 9.17) is 17.3 Å². The van der Waals surface area contributed by atoms with Gasteiger partial charge in [0, 0.05) is 20.0 Å². The van der Waals surface area contributed by atoms with Crippen molar-refractivity contribution in [1.29, 1.82) is 0 Å². The quantitative estimate of drug-likeness (QED) is 0.403. The van der Waals surface area contributed by atoms with Crippen molar-refractivity contribution in [3.63, 3.8) is 0 Å². The fourth-order valence-electron chi connectivity index (χ4n) is 1.07. The molecule has 0 aliphatic heterocycles. The van der Waals surface area contributed by atoms with E-state index < -0.39 is 5.97 Å². The molecule has 0 aliphatic rings. The Labute approximate surface area is 95.9 Å². The van der Waals surface area contributed by atoms with Gasteiger partial charge in [0.15, 0.2) is 0 Å². The van der Waals surface area contributed by atoms with Gasteiger partial charge in [-0.1, -0.05) is 25.1 Å². The number of hydrogen-bond donors (Lipinski definition) is 2. The SMILES string of the molecule is CN(CCCCCCC(=O)O)C(=S)S. The molecule has 0 aromatic heterocycles. The van der Waals surface area contributed by atoms with Crippen molar-refractivity contribution in [2.75, 3.05) is 13.6 Å². The average molecular weight is 235 g/mol. The van der Waals surface area contributed by atoms with Crippen molar-refractivity contribution in [1.82, 2.24) is 4.90 Å². The fraction of sp³-hybridized carbons (Fsp3) is 0.778. The lowest BCUT2D eigenvalue weighted by Gasteiger charge is -2.15. The number of aliphatic carboxylic acids is 1. The number of thiocarbonyl (C=S) groups is 1. The van der Waals surface area contributed by atoms with Gasteiger partial charge < -0.3 is 10.0 Å². The Morgan fingerprint density at radius 1 is 1.36 bits per heavy atom. The molecule has 0 heterocycles. The summed E-state index contributed by atoms with van der Waals surface area (Å²) in [5.41, 5.74) is 0. The van der Waals surface area contributed by atoms with Crippen LogP contribution in [-0.4, -0.2) is 33.9 Å². The Bertz CT molecular complexity index is 197. The van der Waals surface area contributed by atoms with Crippen LogP contribution >= 0.6 is 24.8 Å². The standard InChI is InChI=1S/C9H17NO2S2/c1-10(9(13)14)7-5-3-2-4-6-8(11)12/h2-7H2,1H3,(H,11,12)(H,13,14). The highest BCUT2D eigenvalue weighted by atomic mass is 32.1. The van der Waals surface area contributed by atoms with Crippen molar-refractivity contribution in [2.45, 2.75) is 32.1 Å². The van der Waals surface area contributed by atoms with E-state index in [9.17, 15) is 4.79 Å². The van der Waals surface area contributed by atoms with E-state index in [0.29, 0.717) is 4.32 Å². The molecule has 0 bridgehead atoms. The summed E-state index contributed by atoms with van der Waals surface area (Å²) in [7, 11) is 1.91. The van der Waals surface area contributed by atoms with Gasteiger partial charge in [-0.05, 0) is 12.8 Å². The highest BCUT2D eigenvalue weighted by molar-refractivity contribution is 8.10. The molecule has 0 amide bonds. The molecule has 0 saturated heterocycles. The number of unbranched alkanes of at least 4 members (excludes halogenated alkanes) is 3. The molecule has 0 radical (unpaired) electrons. The van der Waals surface area contributed by atoms with Crippen LogP contribution in [0.4, 0.5) is 0 Å². The first-order valence-corrected chi connectivity index (χ1v) is 5.55. The van der Waals surface area contributed by atoms with Crippen molar-refractivity contribution in [3.8, 4) is 0 Å². The minimum absolute atomic E-state index is 0.279. The Morgan fingerprint density at radius 2 is 1.93 bits per heavy atom. The minimum Gasteiger partial charge on any atom is -0.481 e. The smallest absolute Gasteiger partial charge is 0.303 e. The predicted molar refractivity (Wildman–Crippen MR) is 64.9 cm³/mol. The van der Waals surface area contributed by atoms with E-state index in [1.807, 2.05) is 11.9 Å². The van der Waals surface area contributed by atoms with Crippen molar-refractivity contribution < 1.29 is 9.90 Å². The van der Waals surface area contributed by atoms with Crippen LogP contribution in [0, 0.1) is 0 Å². The molecule has 0 atom stereocenters. The van der Waals surface area contributed by atoms with Gasteiger partial charge in [-0.3, -0.25) is 4.79 Å². The van der Waals surface area contributed by atoms with Gasteiger partial charge in [-0.25, -0.2) is 0 Å². The minimum atomic E-state index is -0.710. The maximum Gasteiger partial charge on any atom is 0.303 e. The molecule has 0 aromatic carbocycles. The zero-order valence-electron chi connectivity index (χ0n) is 8.40. The second-order valence-corrected chi connectivity index (χ2v) is 4.37. The van der Waals surface area contributed by atoms with Crippen LogP contribution < -0.4 is 0 Å². The number of thiol groups is 1. The Balaban J connectivity index is 3.21. The van der Waals surface area contributed by atoms with Gasteiger partial charge in [-0.2, -0.15) is 0 Å². The normalized spacial score (nSPS) is 9.86. The lowest BCUT2D eigenvalue weighted by molar-refractivity contribution is -0.137. The molecule has 0 spiro atoms. The highest BCUT2D eigenvalue weighted by Crippen LogP contribution is 2.04. The molecule has 0 rings (SSSR count). The van der Waals surface area contributed by atoms with Crippen LogP contribution in [0.1, 0.15) is 32.1 Å². The maximum absolute atomic E-state index is 10.2. The van der Waals surface area contributed by atoms with Crippen LogP contribution in [0.3, 0.4) is 0 Å². The van der Waals surface area contributed by atoms with Gasteiger partial charge in [0.2, 0.25) is 0 Å². The van der Waals surface area contributed by atoms with Crippen LogP contribution in [-0.2, 0) is 4.79 Å². The van der Waals surface area contributed by atoms with E-state index in [-0.39, 0.29) is 6.42 Å². The van der Waals surface area contributed by atoms with Crippen LogP contribution in [0.15, 0.2) is 0 Å². The first-order valence-electron chi connectivity index (χ1n) is 4.70. The largest absolute Gasteiger partial charge is 0.481 e. The molecule has 14 heavy (non-hydrogen) atoms. The lowest BCUT2D eigenvalue weighted by Crippen LogP contribution is -2.21. The van der Waals surface area contributed by atoms with E-state index >= 15 is 0 Å². The van der Waals surface area contributed by atoms with Crippen molar-refractivity contribution in [2.24, 2.45) is 0 Å². The monoisotopic (exact) mass is 235 g/mol. The predicted octanol–water partition coefficient (Wildman–Crippen LogP) is 2.17. The number of hydrogen-bond acceptors (Lipinski definition) is 2. The first kappa shape index (κ1) is 13.7. The summed E-state index contributed by atoms with van der Waals surface area (Å²) in [6, 6.07) is 0. The van der Waals surface area contributed by atoms with Gasteiger partial charge in [0.1, 0.15) is 4.32 Å². The third-order valence-corrected chi connectivity index (χ3v) is 2.61. The summed E-state index contributed by atoms with van der Waals surface area (Å²) in [6.07, 6.45) is 4.11. The van der Waals surface area contributed by atoms with Gasteiger partial charge >= 0.3 is 5.97 Å². The molecule has 1 N–H and O–H groups in total. The summed E-state index contributed by atoms with van der Waals surface area (Å²) in [4.78, 5) is 12.1. The van der Waals surface area contributed by atoms with E-state index in [1.165, 1.54) is 0 Å². The lowest BCUT2D eigenvalue weighted by atomic mass is 10.1. The number of carbonyl (C=O) groups is 1. The molecule has 5 heteroatoms. The Hall–Kier alpha value is -0.290. The molecule has 82 valence electrons. The van der Waals surface area contributed by atoms with E-state index in [0.717, 1.165) is 32.2 Å². The van der Waals surface area contributed by atoms with Crippen LogP contribution in [0.25, 0.3) is 0 Å². The zero-order valence-corrected chi connectivity index (χ0v) is 10.1. The number of carboxylic acid groups (broad SMARTS) is 1. The molecule has 3 nitrogen and oxygen atoms in total. The summed E-state index contributed by atoms with van der Waals surface area (Å²) >= 11 is 8.91. The van der Waals surface area contributed by atoms with Crippen molar-refractivity contribution >= 4 is 35.1 Å². The number of nitrogens with zero attached hydrogens (tertiary/aromatic N) is 1. The summed E-state index contributed by atoms with van der Waals surface area (Å²) < 4.78 is 0.607. The average Bonchev–Trinajstić information content (AvgIpc) is 2.09. The van der Waals surface area contributed by atoms with Gasteiger partial charge in [-0.15, -0.1) is 12.6 Å². The summed E-state index contributed by atoms with van der Waals surface area (Å²) in [6.45, 7) is 0.898. The first-order chi connectivity index (χ1) is 6.54. The third kappa shape index (κ3) is 8.31. The Kier molecular flexibility index (Phi) is 7.89. The van der Waals surface area contributed by atoms with Crippen molar-refractivity contribution in [3.05, 3.63) is 0 Å². The van der Waals surface area contributed by atoms with Crippen LogP contribution in [0.5, 0.6) is 0 Å². The van der Waals surface area contributed by atoms with E-state index in [1.54, 1.807) is 0 Å². The molecule has 0 aliphatic carbocycles. The second kappa shape index (κ2) is 8.05. The number of rotatable bonds is 7. The maximum atomic E-state index is 10.2. The molecule has 0 unspecified atom stereocenters. The Morgan fingerprint density at radius 3 is 2.43 bits per heavy atom. The zero-order chi connectivity index (χ0) is 11.0.